The first-order chi connectivity index (χ1) is 34.1. The van der Waals surface area contributed by atoms with Gasteiger partial charge in [-0.2, -0.15) is 0 Å². The van der Waals surface area contributed by atoms with Gasteiger partial charge in [-0.3, -0.25) is 0 Å². The van der Waals surface area contributed by atoms with Crippen LogP contribution in [0, 0.1) is 0 Å². The van der Waals surface area contributed by atoms with Gasteiger partial charge in [-0.05, 0) is 83.3 Å². The highest BCUT2D eigenvalue weighted by Crippen LogP contribution is 2.54. The van der Waals surface area contributed by atoms with Gasteiger partial charge in [0.05, 0.1) is 56.9 Å². The van der Waals surface area contributed by atoms with Crippen LogP contribution < -0.4 is 4.90 Å². The second kappa shape index (κ2) is 11.0. The maximum absolute atomic E-state index is 10.1. The Morgan fingerprint density at radius 2 is 1.14 bits per heavy atom. The van der Waals surface area contributed by atoms with Crippen molar-refractivity contribution in [2.75, 3.05) is 4.90 Å². The molecule has 51 heavy (non-hydrogen) atoms. The number of nitrogens with zero attached hydrogens (tertiary/aromatic N) is 3. The summed E-state index contributed by atoms with van der Waals surface area (Å²) in [5.41, 5.74) is -2.25. The van der Waals surface area contributed by atoms with E-state index in [9.17, 15) is 17.8 Å². The van der Waals surface area contributed by atoms with Crippen LogP contribution in [0.25, 0.3) is 60.6 Å². The number of benzene rings is 7. The molecule has 3 nitrogen and oxygen atoms in total. The van der Waals surface area contributed by atoms with Crippen molar-refractivity contribution < 1.29 is 28.8 Å². The van der Waals surface area contributed by atoms with Crippen LogP contribution in [0.1, 0.15) is 45.8 Å². The van der Waals surface area contributed by atoms with Crippen LogP contribution in [0.15, 0.2) is 188 Å². The highest BCUT2D eigenvalue weighted by molar-refractivity contribution is 6.15. The molecule has 0 amide bonds. The van der Waals surface area contributed by atoms with Crippen LogP contribution in [0.5, 0.6) is 0 Å². The maximum atomic E-state index is 10.1. The molecule has 2 atom stereocenters. The van der Waals surface area contributed by atoms with E-state index in [1.54, 1.807) is 60.7 Å². The standard InChI is InChI=1S/C48H33N3/c1-3-15-32(16-4-1)49-41-24-10-7-19-35(41)40-31-34(29-30-44(40)49)51-43-26-12-9-21-39(43)48-37(23-14-28-46(48)51)36-22-13-27-45-47(36)38-20-8-11-25-42(38)50(45)33-17-5-2-6-18-33/h1-31,46,48H/i7D,8D,9D,10D,11D,12D,13D,14D,19D,20D,21D,22D,23D,24D,25D,26D,27D,28D,29D,30D,31D. The quantitative estimate of drug-likeness (QED) is 0.181. The zero-order valence-electron chi connectivity index (χ0n) is 47.3. The number of allylic oxidation sites excluding steroid dienone is 2. The van der Waals surface area contributed by atoms with E-state index in [-0.39, 0.29) is 54.9 Å². The van der Waals surface area contributed by atoms with Crippen molar-refractivity contribution in [3.63, 3.8) is 0 Å². The van der Waals surface area contributed by atoms with E-state index in [1.807, 2.05) is 0 Å². The van der Waals surface area contributed by atoms with Crippen molar-refractivity contribution in [3.8, 4) is 11.4 Å². The lowest BCUT2D eigenvalue weighted by molar-refractivity contribution is 0.760. The van der Waals surface area contributed by atoms with Gasteiger partial charge in [-0.25, -0.2) is 0 Å². The van der Waals surface area contributed by atoms with Gasteiger partial charge in [0.1, 0.15) is 0 Å². The number of hydrogen-bond donors (Lipinski definition) is 0. The molecule has 1 aliphatic carbocycles. The molecule has 0 saturated carbocycles. The second-order valence-corrected chi connectivity index (χ2v) is 12.1. The monoisotopic (exact) mass is 672 g/mol. The summed E-state index contributed by atoms with van der Waals surface area (Å²) in [4.78, 5) is 1.04. The van der Waals surface area contributed by atoms with Gasteiger partial charge in [0.15, 0.2) is 0 Å². The molecular formula is C48H33N3. The number of para-hydroxylation sites is 5. The molecule has 7 aromatic carbocycles. The van der Waals surface area contributed by atoms with Crippen LogP contribution in [0.3, 0.4) is 0 Å². The van der Waals surface area contributed by atoms with E-state index < -0.39 is 161 Å². The van der Waals surface area contributed by atoms with Gasteiger partial charge in [0.25, 0.3) is 0 Å². The third kappa shape index (κ3) is 4.06. The van der Waals surface area contributed by atoms with Gasteiger partial charge in [-0.15, -0.1) is 0 Å². The summed E-state index contributed by atoms with van der Waals surface area (Å²) < 4.78 is 197. The van der Waals surface area contributed by atoms with E-state index in [2.05, 4.69) is 0 Å². The predicted octanol–water partition coefficient (Wildman–Crippen LogP) is 12.1. The minimum Gasteiger partial charge on any atom is -0.333 e. The molecule has 0 bridgehead atoms. The lowest BCUT2D eigenvalue weighted by atomic mass is 9.79. The molecule has 240 valence electrons. The van der Waals surface area contributed by atoms with Crippen LogP contribution in [0.2, 0.25) is 0 Å². The number of anilines is 2. The Bertz CT molecular complexity index is 4070. The van der Waals surface area contributed by atoms with E-state index in [0.717, 1.165) is 4.90 Å². The topological polar surface area (TPSA) is 13.1 Å². The Labute approximate surface area is 325 Å². The third-order valence-corrected chi connectivity index (χ3v) is 9.47. The predicted molar refractivity (Wildman–Crippen MR) is 214 cm³/mol. The average molecular weight is 673 g/mol. The summed E-state index contributed by atoms with van der Waals surface area (Å²) in [7, 11) is 0. The first kappa shape index (κ1) is 14.7. The lowest BCUT2D eigenvalue weighted by Gasteiger charge is -2.31. The molecule has 0 spiro atoms. The number of fused-ring (bicyclic) bond motifs is 9. The Kier molecular flexibility index (Phi) is 3.16. The molecule has 1 aliphatic heterocycles. The summed E-state index contributed by atoms with van der Waals surface area (Å²) in [5, 5.41) is -0.936. The SMILES string of the molecule is [2H]C1=C(c2c([2H])c([2H])c([2H])c3c2c2c([2H])c([2H])c([2H])c([2H])c2n3-c2ccccc2)C2c3c([2H])c([2H])c([2H])c([2H])c3N(c3c([2H])c([2H])c4c(c3[2H])c3c([2H])c([2H])c([2H])c([2H])c3n4-c3ccccc3)C2C([2H])=C1[2H]. The van der Waals surface area contributed by atoms with Crippen molar-refractivity contribution in [3.05, 3.63) is 199 Å². The summed E-state index contributed by atoms with van der Waals surface area (Å²) in [6, 6.07) is 0.0979. The van der Waals surface area contributed by atoms with E-state index in [0.29, 0.717) is 5.69 Å². The Morgan fingerprint density at radius 3 is 1.92 bits per heavy atom. The van der Waals surface area contributed by atoms with Crippen LogP contribution >= 0.6 is 0 Å². The Balaban J connectivity index is 1.32. The molecule has 11 rings (SSSR count). The Morgan fingerprint density at radius 1 is 0.510 bits per heavy atom. The van der Waals surface area contributed by atoms with Crippen LogP contribution in [-0.4, -0.2) is 15.2 Å². The van der Waals surface area contributed by atoms with Gasteiger partial charge >= 0.3 is 0 Å². The van der Waals surface area contributed by atoms with Gasteiger partial charge in [0, 0.05) is 50.2 Å². The largest absolute Gasteiger partial charge is 0.333 e. The van der Waals surface area contributed by atoms with Gasteiger partial charge in [0.2, 0.25) is 0 Å². The molecule has 3 heterocycles. The number of hydrogen-bond acceptors (Lipinski definition) is 1. The maximum Gasteiger partial charge on any atom is 0.0652 e. The first-order valence-corrected chi connectivity index (χ1v) is 16.1. The molecule has 0 saturated heterocycles. The molecule has 2 aliphatic rings. The summed E-state index contributed by atoms with van der Waals surface area (Å²) in [5.74, 6) is -1.73. The van der Waals surface area contributed by atoms with E-state index >= 15 is 0 Å². The van der Waals surface area contributed by atoms with Crippen molar-refractivity contribution in [2.45, 2.75) is 12.0 Å². The fourth-order valence-corrected chi connectivity index (χ4v) is 7.42. The molecule has 0 fully saturated rings. The van der Waals surface area contributed by atoms with Crippen LogP contribution in [-0.2, 0) is 0 Å². The third-order valence-electron chi connectivity index (χ3n) is 9.47. The van der Waals surface area contributed by atoms with Gasteiger partial charge in [-0.1, -0.05) is 121 Å². The second-order valence-electron chi connectivity index (χ2n) is 12.1. The lowest BCUT2D eigenvalue weighted by Crippen LogP contribution is -2.30. The smallest absolute Gasteiger partial charge is 0.0652 e. The fraction of sp³-hybridized carbons (Fsp3) is 0.0417. The fourth-order valence-electron chi connectivity index (χ4n) is 7.42. The molecule has 9 aromatic rings. The molecule has 2 unspecified atom stereocenters. The van der Waals surface area contributed by atoms with E-state index in [4.69, 9.17) is 11.0 Å². The molecule has 0 N–H and O–H groups in total. The molecule has 2 aromatic heterocycles. The molecular weight excluding hydrogens is 619 g/mol. The van der Waals surface area contributed by atoms with Gasteiger partial charge < -0.3 is 14.0 Å². The summed E-state index contributed by atoms with van der Waals surface area (Å²) in [6.07, 6.45) is 0. The van der Waals surface area contributed by atoms with Crippen molar-refractivity contribution in [1.29, 1.82) is 0 Å². The first-order valence-electron chi connectivity index (χ1n) is 26.6. The minimum absolute atomic E-state index is 0.137. The molecule has 0 radical (unpaired) electrons. The molecule has 3 heteroatoms. The summed E-state index contributed by atoms with van der Waals surface area (Å²) >= 11 is 0. The number of aromatic nitrogens is 2. The van der Waals surface area contributed by atoms with E-state index in [1.165, 1.54) is 9.13 Å². The van der Waals surface area contributed by atoms with Crippen LogP contribution in [0.4, 0.5) is 11.4 Å². The highest BCUT2D eigenvalue weighted by atomic mass is 15.2. The average Bonchev–Trinajstić information content (AvgIpc) is 4.05. The van der Waals surface area contributed by atoms with Crippen molar-refractivity contribution >= 4 is 60.6 Å². The Hall–Kier alpha value is -6.58. The highest BCUT2D eigenvalue weighted by Gasteiger charge is 2.41. The van der Waals surface area contributed by atoms with Crippen molar-refractivity contribution in [2.24, 2.45) is 0 Å². The zero-order chi connectivity index (χ0) is 51.7. The summed E-state index contributed by atoms with van der Waals surface area (Å²) in [6.45, 7) is 0. The normalized spacial score (nSPS) is 23.0. The zero-order valence-corrected chi connectivity index (χ0v) is 26.3. The number of rotatable bonds is 4. The van der Waals surface area contributed by atoms with Crippen molar-refractivity contribution in [1.82, 2.24) is 9.13 Å². The minimum atomic E-state index is -1.80.